The van der Waals surface area contributed by atoms with Gasteiger partial charge in [-0.25, -0.2) is 0 Å². The number of likely N-dealkylation sites (tertiary alicyclic amines) is 1. The highest BCUT2D eigenvalue weighted by Crippen LogP contribution is 2.15. The van der Waals surface area contributed by atoms with Gasteiger partial charge in [0.05, 0.1) is 0 Å². The maximum absolute atomic E-state index is 5.76. The molecule has 0 saturated carbocycles. The van der Waals surface area contributed by atoms with Crippen LogP contribution >= 0.6 is 0 Å². The summed E-state index contributed by atoms with van der Waals surface area (Å²) in [5.41, 5.74) is 5.76. The summed E-state index contributed by atoms with van der Waals surface area (Å²) < 4.78 is 0. The molecule has 112 valence electrons. The standard InChI is InChI=1S/C14H26N6/c1-3-6-16-12-9-13(19-14(15)18-12)17-11(2)10-20-7-4-5-8-20/h9,11H,3-8,10H2,1-2H3,(H4,15,16,17,18,19). The number of aromatic nitrogens is 2. The lowest BCUT2D eigenvalue weighted by Crippen LogP contribution is -2.33. The van der Waals surface area contributed by atoms with Crippen molar-refractivity contribution in [3.05, 3.63) is 6.07 Å². The molecule has 0 aliphatic carbocycles. The summed E-state index contributed by atoms with van der Waals surface area (Å²) >= 11 is 0. The zero-order valence-corrected chi connectivity index (χ0v) is 12.5. The molecule has 1 aromatic rings. The highest BCUT2D eigenvalue weighted by Gasteiger charge is 2.15. The molecule has 2 rings (SSSR count). The second-order valence-electron chi connectivity index (χ2n) is 5.48. The molecular weight excluding hydrogens is 252 g/mol. The van der Waals surface area contributed by atoms with E-state index >= 15 is 0 Å². The smallest absolute Gasteiger partial charge is 0.223 e. The molecule has 1 fully saturated rings. The monoisotopic (exact) mass is 278 g/mol. The van der Waals surface area contributed by atoms with Gasteiger partial charge in [-0.3, -0.25) is 0 Å². The van der Waals surface area contributed by atoms with Gasteiger partial charge in [0.1, 0.15) is 11.6 Å². The fourth-order valence-corrected chi connectivity index (χ4v) is 2.53. The molecule has 1 atom stereocenters. The van der Waals surface area contributed by atoms with Gasteiger partial charge in [0.25, 0.3) is 0 Å². The average Bonchev–Trinajstić information content (AvgIpc) is 2.88. The van der Waals surface area contributed by atoms with Crippen LogP contribution in [0.3, 0.4) is 0 Å². The Bertz CT molecular complexity index is 416. The van der Waals surface area contributed by atoms with E-state index in [0.717, 1.165) is 31.1 Å². The third-order valence-corrected chi connectivity index (χ3v) is 3.42. The Kier molecular flexibility index (Phi) is 5.40. The molecule has 4 N–H and O–H groups in total. The molecule has 0 radical (unpaired) electrons. The molecule has 0 aromatic carbocycles. The average molecular weight is 278 g/mol. The number of nitrogen functional groups attached to an aromatic ring is 1. The Balaban J connectivity index is 1.91. The van der Waals surface area contributed by atoms with E-state index in [-0.39, 0.29) is 0 Å². The van der Waals surface area contributed by atoms with Crippen LogP contribution in [0.4, 0.5) is 17.6 Å². The predicted molar refractivity (Wildman–Crippen MR) is 84.0 cm³/mol. The van der Waals surface area contributed by atoms with E-state index in [2.05, 4.69) is 39.3 Å². The van der Waals surface area contributed by atoms with Gasteiger partial charge in [-0.05, 0) is 39.3 Å². The van der Waals surface area contributed by atoms with E-state index in [0.29, 0.717) is 12.0 Å². The number of nitrogens with zero attached hydrogens (tertiary/aromatic N) is 3. The first-order valence-electron chi connectivity index (χ1n) is 7.54. The third kappa shape index (κ3) is 4.52. The van der Waals surface area contributed by atoms with Gasteiger partial charge >= 0.3 is 0 Å². The summed E-state index contributed by atoms with van der Waals surface area (Å²) in [5.74, 6) is 1.89. The van der Waals surface area contributed by atoms with Crippen molar-refractivity contribution in [1.29, 1.82) is 0 Å². The van der Waals surface area contributed by atoms with E-state index in [4.69, 9.17) is 5.73 Å². The number of rotatable bonds is 7. The summed E-state index contributed by atoms with van der Waals surface area (Å²) in [5, 5.41) is 6.65. The Labute approximate surface area is 121 Å². The molecule has 0 amide bonds. The fourth-order valence-electron chi connectivity index (χ4n) is 2.53. The normalized spacial score (nSPS) is 17.1. The molecule has 1 unspecified atom stereocenters. The predicted octanol–water partition coefficient (Wildman–Crippen LogP) is 1.78. The fraction of sp³-hybridized carbons (Fsp3) is 0.714. The van der Waals surface area contributed by atoms with Gasteiger partial charge in [0, 0.05) is 25.2 Å². The lowest BCUT2D eigenvalue weighted by Gasteiger charge is -2.21. The van der Waals surface area contributed by atoms with Crippen molar-refractivity contribution >= 4 is 17.6 Å². The number of anilines is 3. The second kappa shape index (κ2) is 7.28. The van der Waals surface area contributed by atoms with Gasteiger partial charge in [0.2, 0.25) is 5.95 Å². The zero-order valence-electron chi connectivity index (χ0n) is 12.5. The minimum Gasteiger partial charge on any atom is -0.370 e. The van der Waals surface area contributed by atoms with Crippen molar-refractivity contribution in [1.82, 2.24) is 14.9 Å². The third-order valence-electron chi connectivity index (χ3n) is 3.42. The van der Waals surface area contributed by atoms with Crippen molar-refractivity contribution in [2.45, 2.75) is 39.2 Å². The zero-order chi connectivity index (χ0) is 14.4. The van der Waals surface area contributed by atoms with Gasteiger partial charge in [0.15, 0.2) is 0 Å². The van der Waals surface area contributed by atoms with Crippen LogP contribution in [0.1, 0.15) is 33.1 Å². The summed E-state index contributed by atoms with van der Waals surface area (Å²) in [6, 6.07) is 2.27. The Morgan fingerprint density at radius 2 is 2.00 bits per heavy atom. The summed E-state index contributed by atoms with van der Waals surface area (Å²) in [6.45, 7) is 8.65. The second-order valence-corrected chi connectivity index (χ2v) is 5.48. The van der Waals surface area contributed by atoms with E-state index in [1.807, 2.05) is 6.07 Å². The van der Waals surface area contributed by atoms with Crippen molar-refractivity contribution in [3.63, 3.8) is 0 Å². The first-order valence-corrected chi connectivity index (χ1v) is 7.54. The van der Waals surface area contributed by atoms with Gasteiger partial charge < -0.3 is 21.3 Å². The Morgan fingerprint density at radius 1 is 1.30 bits per heavy atom. The summed E-state index contributed by atoms with van der Waals surface area (Å²) in [4.78, 5) is 10.9. The first-order chi connectivity index (χ1) is 9.67. The van der Waals surface area contributed by atoms with Crippen LogP contribution in [-0.2, 0) is 0 Å². The molecule has 6 heteroatoms. The highest BCUT2D eigenvalue weighted by atomic mass is 15.2. The number of nitrogens with two attached hydrogens (primary N) is 1. The number of hydrogen-bond donors (Lipinski definition) is 3. The lowest BCUT2D eigenvalue weighted by molar-refractivity contribution is 0.327. The maximum Gasteiger partial charge on any atom is 0.223 e. The molecule has 1 saturated heterocycles. The van der Waals surface area contributed by atoms with Crippen molar-refractivity contribution in [3.8, 4) is 0 Å². The van der Waals surface area contributed by atoms with Gasteiger partial charge in [-0.1, -0.05) is 6.92 Å². The van der Waals surface area contributed by atoms with Crippen LogP contribution in [0.25, 0.3) is 0 Å². The van der Waals surface area contributed by atoms with Crippen LogP contribution in [-0.4, -0.2) is 47.1 Å². The number of nitrogens with one attached hydrogen (secondary N) is 2. The van der Waals surface area contributed by atoms with E-state index < -0.39 is 0 Å². The Hall–Kier alpha value is -1.56. The quantitative estimate of drug-likeness (QED) is 0.705. The molecule has 0 spiro atoms. The SMILES string of the molecule is CCCNc1cc(NC(C)CN2CCCC2)nc(N)n1. The van der Waals surface area contributed by atoms with Crippen LogP contribution in [0.5, 0.6) is 0 Å². The molecule has 1 aliphatic rings. The highest BCUT2D eigenvalue weighted by molar-refractivity contribution is 5.51. The molecule has 1 aromatic heterocycles. The molecule has 1 aliphatic heterocycles. The van der Waals surface area contributed by atoms with Crippen LogP contribution in [0.2, 0.25) is 0 Å². The molecule has 2 heterocycles. The van der Waals surface area contributed by atoms with Gasteiger partial charge in [-0.15, -0.1) is 0 Å². The molecular formula is C14H26N6. The Morgan fingerprint density at radius 3 is 2.70 bits per heavy atom. The topological polar surface area (TPSA) is 79.1 Å². The molecule has 0 bridgehead atoms. The summed E-state index contributed by atoms with van der Waals surface area (Å²) in [6.07, 6.45) is 3.69. The van der Waals surface area contributed by atoms with Crippen molar-refractivity contribution < 1.29 is 0 Å². The first kappa shape index (κ1) is 14.8. The van der Waals surface area contributed by atoms with Crippen molar-refractivity contribution in [2.24, 2.45) is 0 Å². The van der Waals surface area contributed by atoms with E-state index in [1.54, 1.807) is 0 Å². The largest absolute Gasteiger partial charge is 0.370 e. The van der Waals surface area contributed by atoms with Crippen molar-refractivity contribution in [2.75, 3.05) is 42.5 Å². The molecule has 20 heavy (non-hydrogen) atoms. The van der Waals surface area contributed by atoms with Crippen LogP contribution < -0.4 is 16.4 Å². The van der Waals surface area contributed by atoms with Crippen LogP contribution in [0.15, 0.2) is 6.07 Å². The van der Waals surface area contributed by atoms with Gasteiger partial charge in [-0.2, -0.15) is 9.97 Å². The van der Waals surface area contributed by atoms with Crippen LogP contribution in [0, 0.1) is 0 Å². The van der Waals surface area contributed by atoms with E-state index in [1.165, 1.54) is 25.9 Å². The lowest BCUT2D eigenvalue weighted by atomic mass is 10.3. The summed E-state index contributed by atoms with van der Waals surface area (Å²) in [7, 11) is 0. The minimum atomic E-state index is 0.307. The number of hydrogen-bond acceptors (Lipinski definition) is 6. The molecule has 6 nitrogen and oxygen atoms in total. The van der Waals surface area contributed by atoms with E-state index in [9.17, 15) is 0 Å². The maximum atomic E-state index is 5.76. The minimum absolute atomic E-state index is 0.307.